The van der Waals surface area contributed by atoms with Crippen LogP contribution in [0.3, 0.4) is 0 Å². The van der Waals surface area contributed by atoms with Crippen LogP contribution in [0.5, 0.6) is 5.88 Å². The first-order valence-corrected chi connectivity index (χ1v) is 6.99. The topological polar surface area (TPSA) is 104 Å². The van der Waals surface area contributed by atoms with E-state index >= 15 is 0 Å². The molecule has 8 heteroatoms. The molecule has 0 aliphatic heterocycles. The summed E-state index contributed by atoms with van der Waals surface area (Å²) in [6.45, 7) is 7.30. The zero-order chi connectivity index (χ0) is 16.9. The fraction of sp³-hybridized carbons (Fsp3) is 0.643. The highest BCUT2D eigenvalue weighted by Gasteiger charge is 2.45. The van der Waals surface area contributed by atoms with Crippen LogP contribution in [0.2, 0.25) is 0 Å². The first-order chi connectivity index (χ1) is 10.3. The van der Waals surface area contributed by atoms with Crippen molar-refractivity contribution in [2.24, 2.45) is 5.92 Å². The number of esters is 1. The lowest BCUT2D eigenvalue weighted by Gasteiger charge is -2.28. The lowest BCUT2D eigenvalue weighted by Crippen LogP contribution is -2.37. The number of nitrogens with zero attached hydrogens (tertiary/aromatic N) is 3. The van der Waals surface area contributed by atoms with Gasteiger partial charge in [0.25, 0.3) is 5.88 Å². The van der Waals surface area contributed by atoms with Crippen molar-refractivity contribution < 1.29 is 19.2 Å². The number of ether oxygens (including phenoxy) is 2. The van der Waals surface area contributed by atoms with E-state index < -0.39 is 22.0 Å². The third-order valence-electron chi connectivity index (χ3n) is 3.23. The fourth-order valence-corrected chi connectivity index (χ4v) is 2.46. The number of carbonyl (C=O) groups is 1. The van der Waals surface area contributed by atoms with Crippen molar-refractivity contribution in [2.45, 2.75) is 39.5 Å². The molecule has 1 aromatic heterocycles. The molecular formula is C14H21N3O5. The van der Waals surface area contributed by atoms with Crippen LogP contribution in [0, 0.1) is 16.0 Å². The quantitative estimate of drug-likeness (QED) is 0.432. The highest BCUT2D eigenvalue weighted by atomic mass is 16.6. The van der Waals surface area contributed by atoms with Crippen molar-refractivity contribution in [1.29, 1.82) is 0 Å². The molecule has 0 bridgehead atoms. The fourth-order valence-electron chi connectivity index (χ4n) is 2.46. The summed E-state index contributed by atoms with van der Waals surface area (Å²) in [6, 6.07) is 0. The maximum absolute atomic E-state index is 12.4. The highest BCUT2D eigenvalue weighted by Crippen LogP contribution is 2.39. The molecule has 0 aliphatic carbocycles. The summed E-state index contributed by atoms with van der Waals surface area (Å²) < 4.78 is 10.1. The molecule has 0 amide bonds. The SMILES string of the molecule is CCOC(=O)C(C)(CC(C)C)c1ncnc(OC)c1[N+](=O)[O-]. The van der Waals surface area contributed by atoms with Crippen LogP contribution in [0.25, 0.3) is 0 Å². The second-order valence-electron chi connectivity index (χ2n) is 5.49. The van der Waals surface area contributed by atoms with Crippen LogP contribution in [-0.2, 0) is 14.9 Å². The van der Waals surface area contributed by atoms with Gasteiger partial charge in [0.2, 0.25) is 0 Å². The van der Waals surface area contributed by atoms with E-state index in [1.807, 2.05) is 13.8 Å². The molecule has 1 unspecified atom stereocenters. The van der Waals surface area contributed by atoms with Gasteiger partial charge in [0.1, 0.15) is 17.4 Å². The Morgan fingerprint density at radius 2 is 2.09 bits per heavy atom. The Bertz CT molecular complexity index is 561. The Morgan fingerprint density at radius 3 is 2.55 bits per heavy atom. The molecule has 0 spiro atoms. The van der Waals surface area contributed by atoms with Crippen molar-refractivity contribution in [2.75, 3.05) is 13.7 Å². The molecule has 1 rings (SSSR count). The molecule has 22 heavy (non-hydrogen) atoms. The molecule has 1 aromatic rings. The molecule has 0 radical (unpaired) electrons. The number of rotatable bonds is 7. The Morgan fingerprint density at radius 1 is 1.45 bits per heavy atom. The van der Waals surface area contributed by atoms with E-state index in [-0.39, 0.29) is 24.1 Å². The molecule has 122 valence electrons. The first-order valence-electron chi connectivity index (χ1n) is 6.99. The van der Waals surface area contributed by atoms with E-state index in [0.29, 0.717) is 6.42 Å². The smallest absolute Gasteiger partial charge is 0.353 e. The largest absolute Gasteiger partial charge is 0.476 e. The molecule has 0 saturated carbocycles. The molecule has 1 heterocycles. The number of nitro groups is 1. The van der Waals surface area contributed by atoms with Crippen molar-refractivity contribution in [3.63, 3.8) is 0 Å². The second-order valence-corrected chi connectivity index (χ2v) is 5.49. The van der Waals surface area contributed by atoms with Crippen molar-refractivity contribution in [3.8, 4) is 5.88 Å². The van der Waals surface area contributed by atoms with Crippen LogP contribution < -0.4 is 4.74 Å². The minimum absolute atomic E-state index is 0.0106. The predicted molar refractivity (Wildman–Crippen MR) is 78.7 cm³/mol. The van der Waals surface area contributed by atoms with Gasteiger partial charge in [-0.15, -0.1) is 0 Å². The van der Waals surface area contributed by atoms with Gasteiger partial charge in [-0.1, -0.05) is 13.8 Å². The van der Waals surface area contributed by atoms with Gasteiger partial charge in [0, 0.05) is 0 Å². The van der Waals surface area contributed by atoms with Crippen molar-refractivity contribution >= 4 is 11.7 Å². The lowest BCUT2D eigenvalue weighted by atomic mass is 9.78. The minimum Gasteiger partial charge on any atom is -0.476 e. The van der Waals surface area contributed by atoms with Crippen LogP contribution in [-0.4, -0.2) is 34.6 Å². The lowest BCUT2D eigenvalue weighted by molar-refractivity contribution is -0.387. The Kier molecular flexibility index (Phi) is 5.78. The minimum atomic E-state index is -1.25. The van der Waals surface area contributed by atoms with E-state index in [9.17, 15) is 14.9 Å². The summed E-state index contributed by atoms with van der Waals surface area (Å²) in [5.41, 5.74) is -1.64. The average molecular weight is 311 g/mol. The number of carbonyl (C=O) groups excluding carboxylic acids is 1. The Labute approximate surface area is 129 Å². The van der Waals surface area contributed by atoms with Gasteiger partial charge in [0.15, 0.2) is 0 Å². The molecular weight excluding hydrogens is 290 g/mol. The Hall–Kier alpha value is -2.25. The van der Waals surface area contributed by atoms with Gasteiger partial charge in [-0.3, -0.25) is 14.9 Å². The van der Waals surface area contributed by atoms with Crippen LogP contribution in [0.4, 0.5) is 5.69 Å². The summed E-state index contributed by atoms with van der Waals surface area (Å²) >= 11 is 0. The maximum Gasteiger partial charge on any atom is 0.353 e. The maximum atomic E-state index is 12.4. The summed E-state index contributed by atoms with van der Waals surface area (Å²) in [5.74, 6) is -0.614. The van der Waals surface area contributed by atoms with Crippen LogP contribution in [0.1, 0.15) is 39.8 Å². The zero-order valence-electron chi connectivity index (χ0n) is 13.5. The molecule has 1 atom stereocenters. The van der Waals surface area contributed by atoms with E-state index in [2.05, 4.69) is 9.97 Å². The van der Waals surface area contributed by atoms with Gasteiger partial charge in [-0.05, 0) is 26.2 Å². The van der Waals surface area contributed by atoms with Gasteiger partial charge in [-0.25, -0.2) is 4.98 Å². The van der Waals surface area contributed by atoms with E-state index in [1.54, 1.807) is 13.8 Å². The first kappa shape index (κ1) is 17.8. The van der Waals surface area contributed by atoms with E-state index in [4.69, 9.17) is 9.47 Å². The second kappa shape index (κ2) is 7.15. The molecule has 0 aliphatic rings. The van der Waals surface area contributed by atoms with E-state index in [0.717, 1.165) is 6.33 Å². The van der Waals surface area contributed by atoms with Gasteiger partial charge in [-0.2, -0.15) is 4.98 Å². The predicted octanol–water partition coefficient (Wildman–Crippen LogP) is 2.26. The number of hydrogen-bond acceptors (Lipinski definition) is 7. The number of aromatic nitrogens is 2. The third kappa shape index (κ3) is 3.49. The molecule has 0 fully saturated rings. The summed E-state index contributed by atoms with van der Waals surface area (Å²) in [5, 5.41) is 11.4. The zero-order valence-corrected chi connectivity index (χ0v) is 13.5. The Balaban J connectivity index is 3.55. The van der Waals surface area contributed by atoms with Gasteiger partial charge in [0.05, 0.1) is 18.6 Å². The van der Waals surface area contributed by atoms with Crippen molar-refractivity contribution in [3.05, 3.63) is 22.1 Å². The normalized spacial score (nSPS) is 13.5. The third-order valence-corrected chi connectivity index (χ3v) is 3.23. The molecule has 0 N–H and O–H groups in total. The number of methoxy groups -OCH3 is 1. The van der Waals surface area contributed by atoms with Crippen molar-refractivity contribution in [1.82, 2.24) is 9.97 Å². The highest BCUT2D eigenvalue weighted by molar-refractivity contribution is 5.84. The van der Waals surface area contributed by atoms with Crippen LogP contribution >= 0.6 is 0 Å². The number of hydrogen-bond donors (Lipinski definition) is 0. The van der Waals surface area contributed by atoms with E-state index in [1.165, 1.54) is 7.11 Å². The summed E-state index contributed by atoms with van der Waals surface area (Å²) in [4.78, 5) is 31.0. The standard InChI is InChI=1S/C14H21N3O5/c1-6-22-13(18)14(4,7-9(2)3)11-10(17(19)20)12(21-5)16-8-15-11/h8-9H,6-7H2,1-5H3. The summed E-state index contributed by atoms with van der Waals surface area (Å²) in [7, 11) is 1.28. The molecule has 8 nitrogen and oxygen atoms in total. The molecule has 0 aromatic carbocycles. The average Bonchev–Trinajstić information content (AvgIpc) is 2.45. The van der Waals surface area contributed by atoms with Crippen LogP contribution in [0.15, 0.2) is 6.33 Å². The van der Waals surface area contributed by atoms with Gasteiger partial charge < -0.3 is 9.47 Å². The molecule has 0 saturated heterocycles. The summed E-state index contributed by atoms with van der Waals surface area (Å²) in [6.07, 6.45) is 1.51. The van der Waals surface area contributed by atoms with Gasteiger partial charge >= 0.3 is 11.7 Å². The monoisotopic (exact) mass is 311 g/mol.